The molecule has 0 radical (unpaired) electrons. The zero-order valence-electron chi connectivity index (χ0n) is 8.73. The molecule has 0 atom stereocenters. The van der Waals surface area contributed by atoms with Crippen molar-refractivity contribution in [1.29, 1.82) is 0 Å². The van der Waals surface area contributed by atoms with Crippen LogP contribution in [0.3, 0.4) is 0 Å². The molecular weight excluding hydrogens is 188 g/mol. The zero-order chi connectivity index (χ0) is 9.40. The van der Waals surface area contributed by atoms with Crippen LogP contribution < -0.4 is 0 Å². The molecular formula is C9H21ClN2O. The lowest BCUT2D eigenvalue weighted by Gasteiger charge is -2.17. The molecule has 13 heavy (non-hydrogen) atoms. The summed E-state index contributed by atoms with van der Waals surface area (Å²) >= 11 is 0. The Morgan fingerprint density at radius 2 is 1.92 bits per heavy atom. The van der Waals surface area contributed by atoms with E-state index < -0.39 is 0 Å². The van der Waals surface area contributed by atoms with E-state index in [-0.39, 0.29) is 12.4 Å². The summed E-state index contributed by atoms with van der Waals surface area (Å²) in [6.45, 7) is 4.50. The summed E-state index contributed by atoms with van der Waals surface area (Å²) in [7, 11) is 3.10. The molecule has 1 N–H and O–H groups in total. The third-order valence-corrected chi connectivity index (χ3v) is 1.74. The highest BCUT2D eigenvalue weighted by atomic mass is 35.5. The second-order valence-corrected chi connectivity index (χ2v) is 2.86. The van der Waals surface area contributed by atoms with Crippen molar-refractivity contribution >= 4 is 12.4 Å². The fourth-order valence-corrected chi connectivity index (χ4v) is 1.10. The van der Waals surface area contributed by atoms with Gasteiger partial charge in [0.1, 0.15) is 0 Å². The maximum Gasteiger partial charge on any atom is 0.0890 e. The van der Waals surface area contributed by atoms with Crippen LogP contribution in [0, 0.1) is 0 Å². The molecule has 0 saturated heterocycles. The highest BCUT2D eigenvalue weighted by Gasteiger charge is 2.05. The van der Waals surface area contributed by atoms with E-state index in [2.05, 4.69) is 36.2 Å². The van der Waals surface area contributed by atoms with E-state index in [1.54, 1.807) is 0 Å². The minimum atomic E-state index is 0. The number of hydrogen-bond acceptors (Lipinski definition) is 3. The Morgan fingerprint density at radius 1 is 1.31 bits per heavy atom. The third-order valence-electron chi connectivity index (χ3n) is 1.74. The molecule has 1 rings (SSSR count). The van der Waals surface area contributed by atoms with Crippen LogP contribution in [0.2, 0.25) is 0 Å². The predicted molar refractivity (Wildman–Crippen MR) is 58.8 cm³/mol. The van der Waals surface area contributed by atoms with Gasteiger partial charge >= 0.3 is 0 Å². The Bertz CT molecular complexity index is 131. The zero-order valence-corrected chi connectivity index (χ0v) is 9.55. The van der Waals surface area contributed by atoms with E-state index in [0.717, 1.165) is 13.8 Å². The van der Waals surface area contributed by atoms with Crippen LogP contribution in [-0.2, 0) is 0 Å². The number of unbranched alkanes of at least 4 members (excludes halogenated alkanes) is 1. The number of rotatable bonds is 3. The first-order valence-electron chi connectivity index (χ1n) is 4.40. The first kappa shape index (κ1) is 15.1. The van der Waals surface area contributed by atoms with Crippen LogP contribution in [0.15, 0.2) is 12.4 Å². The third kappa shape index (κ3) is 6.72. The molecule has 1 heterocycles. The fraction of sp³-hybridized carbons (Fsp3) is 0.778. The van der Waals surface area contributed by atoms with Crippen LogP contribution in [0.5, 0.6) is 0 Å². The van der Waals surface area contributed by atoms with Crippen molar-refractivity contribution in [2.75, 3.05) is 27.4 Å². The minimum absolute atomic E-state index is 0. The fourth-order valence-electron chi connectivity index (χ4n) is 1.10. The van der Waals surface area contributed by atoms with Gasteiger partial charge in [-0.15, -0.1) is 12.4 Å². The molecule has 0 aromatic carbocycles. The SMILES string of the molecule is CCCCN1C=CN(C)C1.CO.Cl. The number of hydrogen-bond donors (Lipinski definition) is 1. The lowest BCUT2D eigenvalue weighted by Crippen LogP contribution is -2.23. The van der Waals surface area contributed by atoms with Gasteiger partial charge in [0, 0.05) is 33.1 Å². The molecule has 0 saturated carbocycles. The van der Waals surface area contributed by atoms with Crippen molar-refractivity contribution in [3.8, 4) is 0 Å². The monoisotopic (exact) mass is 208 g/mol. The molecule has 80 valence electrons. The molecule has 0 bridgehead atoms. The van der Waals surface area contributed by atoms with Crippen molar-refractivity contribution in [3.05, 3.63) is 12.4 Å². The lowest BCUT2D eigenvalue weighted by atomic mass is 10.3. The van der Waals surface area contributed by atoms with Gasteiger partial charge in [0.15, 0.2) is 0 Å². The molecule has 0 aromatic rings. The van der Waals surface area contributed by atoms with Gasteiger partial charge < -0.3 is 14.9 Å². The van der Waals surface area contributed by atoms with Gasteiger partial charge in [-0.05, 0) is 6.42 Å². The molecule has 3 nitrogen and oxygen atoms in total. The summed E-state index contributed by atoms with van der Waals surface area (Å²) in [6, 6.07) is 0. The second kappa shape index (κ2) is 9.68. The molecule has 0 aliphatic carbocycles. The first-order valence-corrected chi connectivity index (χ1v) is 4.40. The summed E-state index contributed by atoms with van der Waals surface area (Å²) in [6.07, 6.45) is 6.87. The van der Waals surface area contributed by atoms with Gasteiger partial charge in [-0.3, -0.25) is 0 Å². The molecule has 4 heteroatoms. The van der Waals surface area contributed by atoms with Crippen molar-refractivity contribution in [1.82, 2.24) is 9.80 Å². The summed E-state index contributed by atoms with van der Waals surface area (Å²) in [5, 5.41) is 7.00. The van der Waals surface area contributed by atoms with E-state index in [0.29, 0.717) is 0 Å². The number of aliphatic hydroxyl groups is 1. The van der Waals surface area contributed by atoms with Crippen molar-refractivity contribution in [2.45, 2.75) is 19.8 Å². The lowest BCUT2D eigenvalue weighted by molar-refractivity contribution is 0.293. The second-order valence-electron chi connectivity index (χ2n) is 2.86. The van der Waals surface area contributed by atoms with Gasteiger partial charge in [0.25, 0.3) is 0 Å². The van der Waals surface area contributed by atoms with Crippen LogP contribution in [0.4, 0.5) is 0 Å². The van der Waals surface area contributed by atoms with E-state index in [9.17, 15) is 0 Å². The van der Waals surface area contributed by atoms with E-state index in [1.807, 2.05) is 0 Å². The van der Waals surface area contributed by atoms with Crippen molar-refractivity contribution in [3.63, 3.8) is 0 Å². The quantitative estimate of drug-likeness (QED) is 0.762. The Balaban J connectivity index is 0. The normalized spacial score (nSPS) is 13.5. The van der Waals surface area contributed by atoms with E-state index in [4.69, 9.17) is 5.11 Å². The smallest absolute Gasteiger partial charge is 0.0890 e. The molecule has 0 aromatic heterocycles. The maximum absolute atomic E-state index is 7.00. The maximum atomic E-state index is 7.00. The Morgan fingerprint density at radius 3 is 2.31 bits per heavy atom. The van der Waals surface area contributed by atoms with Crippen LogP contribution >= 0.6 is 12.4 Å². The molecule has 0 spiro atoms. The largest absolute Gasteiger partial charge is 0.400 e. The van der Waals surface area contributed by atoms with Crippen LogP contribution in [0.1, 0.15) is 19.8 Å². The standard InChI is InChI=1S/C8H16N2.CH4O.ClH/c1-3-4-5-10-7-6-9(2)8-10;1-2;/h6-7H,3-5,8H2,1-2H3;2H,1H3;1H. The predicted octanol–water partition coefficient (Wildman–Crippen LogP) is 1.49. The van der Waals surface area contributed by atoms with Gasteiger partial charge in [-0.25, -0.2) is 0 Å². The molecule has 0 unspecified atom stereocenters. The van der Waals surface area contributed by atoms with Crippen molar-refractivity contribution in [2.24, 2.45) is 0 Å². The Labute approximate surface area is 87.4 Å². The van der Waals surface area contributed by atoms with Crippen LogP contribution in [0.25, 0.3) is 0 Å². The number of halogens is 1. The highest BCUT2D eigenvalue weighted by Crippen LogP contribution is 2.04. The summed E-state index contributed by atoms with van der Waals surface area (Å²) in [5.74, 6) is 0. The number of aliphatic hydroxyl groups excluding tert-OH is 1. The molecule has 0 amide bonds. The van der Waals surface area contributed by atoms with Gasteiger partial charge in [0.05, 0.1) is 6.67 Å². The van der Waals surface area contributed by atoms with Gasteiger partial charge in [-0.2, -0.15) is 0 Å². The summed E-state index contributed by atoms with van der Waals surface area (Å²) in [5.41, 5.74) is 0. The average Bonchev–Trinajstić information content (AvgIpc) is 2.51. The van der Waals surface area contributed by atoms with E-state index >= 15 is 0 Å². The first-order chi connectivity index (χ1) is 5.83. The highest BCUT2D eigenvalue weighted by molar-refractivity contribution is 5.85. The minimum Gasteiger partial charge on any atom is -0.400 e. The number of nitrogens with zero attached hydrogens (tertiary/aromatic N) is 2. The average molecular weight is 209 g/mol. The van der Waals surface area contributed by atoms with Gasteiger partial charge in [-0.1, -0.05) is 13.3 Å². The van der Waals surface area contributed by atoms with Crippen molar-refractivity contribution < 1.29 is 5.11 Å². The Kier molecular flexibility index (Phi) is 11.2. The molecule has 0 fully saturated rings. The topological polar surface area (TPSA) is 26.7 Å². The molecule has 1 aliphatic rings. The van der Waals surface area contributed by atoms with Gasteiger partial charge in [0.2, 0.25) is 0 Å². The molecule has 1 aliphatic heterocycles. The summed E-state index contributed by atoms with van der Waals surface area (Å²) in [4.78, 5) is 4.53. The Hall–Kier alpha value is -0.410. The van der Waals surface area contributed by atoms with E-state index in [1.165, 1.54) is 19.4 Å². The summed E-state index contributed by atoms with van der Waals surface area (Å²) < 4.78 is 0. The van der Waals surface area contributed by atoms with Crippen LogP contribution in [-0.4, -0.2) is 42.3 Å².